The molecular formula is C19H29N3O3. The molecule has 3 rings (SSSR count). The van der Waals surface area contributed by atoms with Crippen LogP contribution in [0.15, 0.2) is 24.3 Å². The normalized spacial score (nSPS) is 22.8. The summed E-state index contributed by atoms with van der Waals surface area (Å²) in [7, 11) is 1.68. The van der Waals surface area contributed by atoms with Crippen molar-refractivity contribution in [3.8, 4) is 5.75 Å². The maximum Gasteiger partial charge on any atom is 0.236 e. The van der Waals surface area contributed by atoms with E-state index in [0.29, 0.717) is 13.1 Å². The molecule has 0 radical (unpaired) electrons. The van der Waals surface area contributed by atoms with Gasteiger partial charge in [-0.1, -0.05) is 12.1 Å². The largest absolute Gasteiger partial charge is 0.497 e. The highest BCUT2D eigenvalue weighted by molar-refractivity contribution is 5.78. The van der Waals surface area contributed by atoms with Crippen LogP contribution in [0.4, 0.5) is 0 Å². The van der Waals surface area contributed by atoms with Crippen molar-refractivity contribution in [3.63, 3.8) is 0 Å². The quantitative estimate of drug-likeness (QED) is 0.854. The Hall–Kier alpha value is -1.63. The van der Waals surface area contributed by atoms with E-state index in [9.17, 15) is 9.90 Å². The van der Waals surface area contributed by atoms with Gasteiger partial charge in [0.05, 0.1) is 19.8 Å². The van der Waals surface area contributed by atoms with E-state index >= 15 is 0 Å². The average molecular weight is 347 g/mol. The fourth-order valence-corrected chi connectivity index (χ4v) is 3.61. The number of rotatable bonds is 5. The summed E-state index contributed by atoms with van der Waals surface area (Å²) >= 11 is 0. The van der Waals surface area contributed by atoms with E-state index in [1.165, 1.54) is 5.56 Å². The van der Waals surface area contributed by atoms with Crippen LogP contribution in [0, 0.1) is 0 Å². The fraction of sp³-hybridized carbons (Fsp3) is 0.632. The number of carbonyl (C=O) groups excluding carboxylic acids is 1. The third-order valence-electron chi connectivity index (χ3n) is 5.13. The molecular weight excluding hydrogens is 318 g/mol. The number of likely N-dealkylation sites (tertiary alicyclic amines) is 1. The van der Waals surface area contributed by atoms with E-state index < -0.39 is 0 Å². The number of nitrogens with zero attached hydrogens (tertiary/aromatic N) is 3. The lowest BCUT2D eigenvalue weighted by Crippen LogP contribution is -2.52. The minimum atomic E-state index is -0.275. The molecule has 6 nitrogen and oxygen atoms in total. The van der Waals surface area contributed by atoms with Crippen molar-refractivity contribution in [1.29, 1.82) is 0 Å². The molecule has 138 valence electrons. The van der Waals surface area contributed by atoms with E-state index in [1.807, 2.05) is 17.0 Å². The first-order valence-electron chi connectivity index (χ1n) is 9.17. The molecule has 0 aromatic heterocycles. The molecule has 0 aliphatic carbocycles. The Morgan fingerprint density at radius 2 is 1.84 bits per heavy atom. The summed E-state index contributed by atoms with van der Waals surface area (Å²) in [5, 5.41) is 9.73. The summed E-state index contributed by atoms with van der Waals surface area (Å²) in [5.41, 5.74) is 1.27. The third kappa shape index (κ3) is 5.17. The van der Waals surface area contributed by atoms with Crippen molar-refractivity contribution in [2.24, 2.45) is 0 Å². The summed E-state index contributed by atoms with van der Waals surface area (Å²) < 4.78 is 5.19. The molecule has 1 aromatic carbocycles. The standard InChI is InChI=1S/C19H29N3O3/c1-25-18-6-4-16(5-7-18)13-20-9-11-22(12-10-20)19(24)15-21-8-2-3-17(23)14-21/h4-7,17,23H,2-3,8-15H2,1H3/t17-/m1/s1. The minimum Gasteiger partial charge on any atom is -0.497 e. The highest BCUT2D eigenvalue weighted by atomic mass is 16.5. The number of methoxy groups -OCH3 is 1. The van der Waals surface area contributed by atoms with Gasteiger partial charge >= 0.3 is 0 Å². The van der Waals surface area contributed by atoms with Gasteiger partial charge in [-0.3, -0.25) is 14.6 Å². The number of benzene rings is 1. The molecule has 0 saturated carbocycles. The molecule has 6 heteroatoms. The zero-order chi connectivity index (χ0) is 17.6. The van der Waals surface area contributed by atoms with Gasteiger partial charge in [-0.2, -0.15) is 0 Å². The highest BCUT2D eigenvalue weighted by Gasteiger charge is 2.25. The van der Waals surface area contributed by atoms with Crippen molar-refractivity contribution >= 4 is 5.91 Å². The maximum absolute atomic E-state index is 12.5. The molecule has 0 unspecified atom stereocenters. The Bertz CT molecular complexity index is 556. The predicted molar refractivity (Wildman–Crippen MR) is 96.5 cm³/mol. The second-order valence-electron chi connectivity index (χ2n) is 7.04. The van der Waals surface area contributed by atoms with Crippen LogP contribution in [0.1, 0.15) is 18.4 Å². The van der Waals surface area contributed by atoms with Crippen LogP contribution in [0.25, 0.3) is 0 Å². The van der Waals surface area contributed by atoms with Crippen LogP contribution < -0.4 is 4.74 Å². The lowest BCUT2D eigenvalue weighted by Gasteiger charge is -2.37. The Morgan fingerprint density at radius 1 is 1.12 bits per heavy atom. The first-order valence-corrected chi connectivity index (χ1v) is 9.17. The van der Waals surface area contributed by atoms with Gasteiger partial charge in [0.25, 0.3) is 0 Å². The number of amides is 1. The van der Waals surface area contributed by atoms with Crippen molar-refractivity contribution in [3.05, 3.63) is 29.8 Å². The zero-order valence-corrected chi connectivity index (χ0v) is 15.1. The molecule has 2 heterocycles. The summed E-state index contributed by atoms with van der Waals surface area (Å²) in [6.07, 6.45) is 1.56. The number of piperidine rings is 1. The summed E-state index contributed by atoms with van der Waals surface area (Å²) in [5.74, 6) is 1.07. The summed E-state index contributed by atoms with van der Waals surface area (Å²) in [4.78, 5) is 18.9. The number of β-amino-alcohol motifs (C(OH)–C–C–N with tert-alkyl or cyclic N) is 1. The molecule has 1 aromatic rings. The number of aliphatic hydroxyl groups excluding tert-OH is 1. The van der Waals surface area contributed by atoms with Gasteiger partial charge < -0.3 is 14.7 Å². The molecule has 1 amide bonds. The van der Waals surface area contributed by atoms with Gasteiger partial charge in [0.15, 0.2) is 0 Å². The van der Waals surface area contributed by atoms with Gasteiger partial charge in [-0.05, 0) is 37.1 Å². The van der Waals surface area contributed by atoms with Gasteiger partial charge in [-0.25, -0.2) is 0 Å². The van der Waals surface area contributed by atoms with Crippen LogP contribution in [0.5, 0.6) is 5.75 Å². The second kappa shape index (κ2) is 8.65. The number of hydrogen-bond acceptors (Lipinski definition) is 5. The number of aliphatic hydroxyl groups is 1. The highest BCUT2D eigenvalue weighted by Crippen LogP contribution is 2.15. The van der Waals surface area contributed by atoms with Gasteiger partial charge in [0, 0.05) is 39.3 Å². The molecule has 0 spiro atoms. The Kier molecular flexibility index (Phi) is 6.29. The van der Waals surface area contributed by atoms with Crippen molar-refractivity contribution in [2.75, 3.05) is 52.9 Å². The lowest BCUT2D eigenvalue weighted by molar-refractivity contribution is -0.134. The number of carbonyl (C=O) groups is 1. The Balaban J connectivity index is 1.42. The van der Waals surface area contributed by atoms with Crippen LogP contribution in [-0.2, 0) is 11.3 Å². The molecule has 2 aliphatic rings. The van der Waals surface area contributed by atoms with Gasteiger partial charge in [0.1, 0.15) is 5.75 Å². The lowest BCUT2D eigenvalue weighted by atomic mass is 10.1. The Labute approximate surface area is 150 Å². The van der Waals surface area contributed by atoms with Crippen LogP contribution >= 0.6 is 0 Å². The van der Waals surface area contributed by atoms with Gasteiger partial charge in [-0.15, -0.1) is 0 Å². The maximum atomic E-state index is 12.5. The Morgan fingerprint density at radius 3 is 2.48 bits per heavy atom. The number of ether oxygens (including phenoxy) is 1. The zero-order valence-electron chi connectivity index (χ0n) is 15.1. The van der Waals surface area contributed by atoms with Crippen molar-refractivity contribution in [1.82, 2.24) is 14.7 Å². The minimum absolute atomic E-state index is 0.193. The first-order chi connectivity index (χ1) is 12.1. The second-order valence-corrected chi connectivity index (χ2v) is 7.04. The van der Waals surface area contributed by atoms with Crippen LogP contribution in [0.3, 0.4) is 0 Å². The smallest absolute Gasteiger partial charge is 0.236 e. The van der Waals surface area contributed by atoms with E-state index in [0.717, 1.165) is 57.9 Å². The number of piperazine rings is 1. The molecule has 1 N–H and O–H groups in total. The van der Waals surface area contributed by atoms with E-state index in [1.54, 1.807) is 7.11 Å². The monoisotopic (exact) mass is 347 g/mol. The molecule has 2 fully saturated rings. The van der Waals surface area contributed by atoms with E-state index in [-0.39, 0.29) is 12.0 Å². The number of hydrogen-bond donors (Lipinski definition) is 1. The van der Waals surface area contributed by atoms with E-state index in [2.05, 4.69) is 21.9 Å². The fourth-order valence-electron chi connectivity index (χ4n) is 3.61. The predicted octanol–water partition coefficient (Wildman–Crippen LogP) is 0.796. The topological polar surface area (TPSA) is 56.2 Å². The SMILES string of the molecule is COc1ccc(CN2CCN(C(=O)CN3CCC[C@@H](O)C3)CC2)cc1. The molecule has 25 heavy (non-hydrogen) atoms. The molecule has 1 atom stereocenters. The molecule has 0 bridgehead atoms. The summed E-state index contributed by atoms with van der Waals surface area (Å²) in [6.45, 7) is 6.26. The molecule has 2 saturated heterocycles. The molecule has 2 aliphatic heterocycles. The van der Waals surface area contributed by atoms with Crippen LogP contribution in [0.2, 0.25) is 0 Å². The van der Waals surface area contributed by atoms with Crippen LogP contribution in [-0.4, -0.2) is 84.7 Å². The third-order valence-corrected chi connectivity index (χ3v) is 5.13. The van der Waals surface area contributed by atoms with E-state index in [4.69, 9.17) is 4.74 Å². The van der Waals surface area contributed by atoms with Gasteiger partial charge in [0.2, 0.25) is 5.91 Å². The van der Waals surface area contributed by atoms with Crippen molar-refractivity contribution in [2.45, 2.75) is 25.5 Å². The first kappa shape index (κ1) is 18.2. The average Bonchev–Trinajstić information content (AvgIpc) is 2.63. The summed E-state index contributed by atoms with van der Waals surface area (Å²) in [6, 6.07) is 8.17. The van der Waals surface area contributed by atoms with Crippen molar-refractivity contribution < 1.29 is 14.6 Å².